The highest BCUT2D eigenvalue weighted by molar-refractivity contribution is 8.00. The number of hydrogen-bond acceptors (Lipinski definition) is 7. The molecular weight excluding hydrogens is 679 g/mol. The topological polar surface area (TPSA) is 77.2 Å². The lowest BCUT2D eigenvalue weighted by atomic mass is 9.45. The molecule has 4 saturated carbocycles. The van der Waals surface area contributed by atoms with E-state index in [0.717, 1.165) is 60.8 Å². The minimum atomic E-state index is -0.252. The molecule has 2 heterocycles. The molecule has 7 aliphatic rings. The number of nitrogens with zero attached hydrogens (tertiary/aromatic N) is 3. The molecule has 1 saturated heterocycles. The number of hydrogen-bond donors (Lipinski definition) is 2. The summed E-state index contributed by atoms with van der Waals surface area (Å²) in [6.07, 6.45) is 8.56. The fraction of sp³-hybridized carbons (Fsp3) is 0.591. The van der Waals surface area contributed by atoms with Crippen LogP contribution in [0, 0.1) is 29.1 Å². The highest BCUT2D eigenvalue weighted by atomic mass is 32.2. The molecule has 2 amide bonds. The van der Waals surface area contributed by atoms with E-state index < -0.39 is 0 Å². The molecule has 3 unspecified atom stereocenters. The Hall–Kier alpha value is -3.43. The van der Waals surface area contributed by atoms with Gasteiger partial charge in [0.1, 0.15) is 11.8 Å². The van der Waals surface area contributed by atoms with Crippen molar-refractivity contribution in [3.63, 3.8) is 0 Å². The standard InChI is InChI=1S/C44H59N5O3S/c1-26-34-20-30(42(34,2)3)21-36(26)45-41(51)39-43(4,5)53-25-49(39)23-27-13-12-15-32(38(27)52-9)28-17-29(19-31(18-28)47(6)7)40(50)46-44-22-35(44)33-14-10-11-16-37(33)48(8)24-44/h10-12,14-19,26-27,30,34-36,39H,13,20-25H2,1-9H3,(H,45,51)(H,46,50)/t26-,27?,30+,34-,35?,36-,39+,44?/m0/s1. The third-order valence-electron chi connectivity index (χ3n) is 14.3. The highest BCUT2D eigenvalue weighted by Crippen LogP contribution is 2.61. The Morgan fingerprint density at radius 2 is 1.85 bits per heavy atom. The van der Waals surface area contributed by atoms with Crippen LogP contribution < -0.4 is 20.4 Å². The SMILES string of the molecule is COC1=C(c2cc(C(=O)NC34CC3c3ccccc3N(C)C4)cc(N(C)C)c2)C=CCC1CN1CSC(C)(C)[C@H]1C(=O)N[C@H]1C[C@H]2C[C@@H]([C@@H]1C)C2(C)C. The van der Waals surface area contributed by atoms with Crippen molar-refractivity contribution in [3.8, 4) is 0 Å². The van der Waals surface area contributed by atoms with Crippen LogP contribution in [0.3, 0.4) is 0 Å². The largest absolute Gasteiger partial charge is 0.500 e. The van der Waals surface area contributed by atoms with Crippen LogP contribution in [0.2, 0.25) is 0 Å². The van der Waals surface area contributed by atoms with Gasteiger partial charge in [-0.05, 0) is 98.1 Å². The molecule has 2 N–H and O–H groups in total. The molecule has 9 rings (SSSR count). The van der Waals surface area contributed by atoms with Crippen molar-refractivity contribution in [2.24, 2.45) is 29.1 Å². The summed E-state index contributed by atoms with van der Waals surface area (Å²) < 4.78 is 6.06. The second kappa shape index (κ2) is 13.1. The van der Waals surface area contributed by atoms with Gasteiger partial charge in [-0.15, -0.1) is 11.8 Å². The Bertz CT molecular complexity index is 1870. The predicted octanol–water partition coefficient (Wildman–Crippen LogP) is 7.13. The zero-order valence-electron chi connectivity index (χ0n) is 33.2. The van der Waals surface area contributed by atoms with Gasteiger partial charge < -0.3 is 25.2 Å². The second-order valence-corrected chi connectivity index (χ2v) is 20.0. The molecule has 8 atom stereocenters. The Balaban J connectivity index is 1.02. The van der Waals surface area contributed by atoms with E-state index in [1.807, 2.05) is 38.0 Å². The number of anilines is 2. The number of thioether (sulfide) groups is 1. The number of amides is 2. The van der Waals surface area contributed by atoms with Crippen molar-refractivity contribution < 1.29 is 14.3 Å². The Morgan fingerprint density at radius 1 is 1.08 bits per heavy atom. The molecule has 0 aromatic heterocycles. The summed E-state index contributed by atoms with van der Waals surface area (Å²) in [4.78, 5) is 35.1. The summed E-state index contributed by atoms with van der Waals surface area (Å²) >= 11 is 1.87. The molecule has 5 aliphatic carbocycles. The zero-order valence-corrected chi connectivity index (χ0v) is 34.0. The lowest BCUT2D eigenvalue weighted by Gasteiger charge is -2.62. The fourth-order valence-electron chi connectivity index (χ4n) is 11.0. The Labute approximate surface area is 321 Å². The van der Waals surface area contributed by atoms with Gasteiger partial charge in [0.2, 0.25) is 5.91 Å². The van der Waals surface area contributed by atoms with E-state index in [1.165, 1.54) is 17.7 Å². The molecule has 2 aromatic carbocycles. The first-order valence-corrected chi connectivity index (χ1v) is 20.7. The van der Waals surface area contributed by atoms with E-state index in [0.29, 0.717) is 34.7 Å². The monoisotopic (exact) mass is 737 g/mol. The first-order chi connectivity index (χ1) is 25.1. The molecule has 53 heavy (non-hydrogen) atoms. The van der Waals surface area contributed by atoms with Crippen LogP contribution in [0.4, 0.5) is 11.4 Å². The van der Waals surface area contributed by atoms with Crippen LogP contribution in [0.25, 0.3) is 5.57 Å². The van der Waals surface area contributed by atoms with Gasteiger partial charge >= 0.3 is 0 Å². The van der Waals surface area contributed by atoms with E-state index in [-0.39, 0.29) is 40.1 Å². The van der Waals surface area contributed by atoms with Gasteiger partial charge in [-0.25, -0.2) is 0 Å². The predicted molar refractivity (Wildman–Crippen MR) is 217 cm³/mol. The minimum absolute atomic E-state index is 0.0422. The van der Waals surface area contributed by atoms with Crippen molar-refractivity contribution in [1.82, 2.24) is 15.5 Å². The van der Waals surface area contributed by atoms with Crippen LogP contribution in [0.1, 0.15) is 87.7 Å². The van der Waals surface area contributed by atoms with Gasteiger partial charge in [0.05, 0.1) is 12.6 Å². The van der Waals surface area contributed by atoms with Crippen LogP contribution in [-0.4, -0.2) is 86.3 Å². The maximum absolute atomic E-state index is 14.2. The third-order valence-corrected chi connectivity index (χ3v) is 15.7. The van der Waals surface area contributed by atoms with E-state index in [2.05, 4.69) is 109 Å². The van der Waals surface area contributed by atoms with Gasteiger partial charge in [0.25, 0.3) is 5.91 Å². The summed E-state index contributed by atoms with van der Waals surface area (Å²) in [5.74, 6) is 4.15. The number of carbonyl (C=O) groups is 2. The number of methoxy groups -OCH3 is 1. The average Bonchev–Trinajstić information content (AvgIpc) is 3.75. The molecule has 0 spiro atoms. The van der Waals surface area contributed by atoms with Crippen LogP contribution >= 0.6 is 11.8 Å². The number of nitrogens with one attached hydrogen (secondary N) is 2. The molecule has 2 bridgehead atoms. The molecule has 8 nitrogen and oxygen atoms in total. The Morgan fingerprint density at radius 3 is 2.57 bits per heavy atom. The fourth-order valence-corrected chi connectivity index (χ4v) is 12.1. The van der Waals surface area contributed by atoms with Crippen molar-refractivity contribution in [1.29, 1.82) is 0 Å². The number of benzene rings is 2. The number of likely N-dealkylation sites (N-methyl/N-ethyl adjacent to an activating group) is 1. The molecule has 9 heteroatoms. The van der Waals surface area contributed by atoms with Crippen molar-refractivity contribution in [2.75, 3.05) is 57.0 Å². The van der Waals surface area contributed by atoms with Crippen molar-refractivity contribution >= 4 is 40.5 Å². The molecular formula is C44H59N5O3S. The molecule has 2 aliphatic heterocycles. The van der Waals surface area contributed by atoms with Gasteiger partial charge in [0.15, 0.2) is 0 Å². The zero-order chi connectivity index (χ0) is 37.6. The first kappa shape index (κ1) is 36.5. The number of rotatable bonds is 9. The van der Waals surface area contributed by atoms with E-state index in [1.54, 1.807) is 7.11 Å². The van der Waals surface area contributed by atoms with Crippen molar-refractivity contribution in [2.45, 2.75) is 88.6 Å². The summed E-state index contributed by atoms with van der Waals surface area (Å²) in [7, 11) is 7.92. The summed E-state index contributed by atoms with van der Waals surface area (Å²) in [5.41, 5.74) is 6.30. The summed E-state index contributed by atoms with van der Waals surface area (Å²) in [6, 6.07) is 14.8. The van der Waals surface area contributed by atoms with Gasteiger partial charge in [-0.1, -0.05) is 51.1 Å². The lowest BCUT2D eigenvalue weighted by molar-refractivity contribution is -0.138. The second-order valence-electron chi connectivity index (χ2n) is 18.4. The summed E-state index contributed by atoms with van der Waals surface area (Å²) in [5, 5.41) is 7.06. The molecule has 284 valence electrons. The van der Waals surface area contributed by atoms with Crippen LogP contribution in [0.5, 0.6) is 0 Å². The van der Waals surface area contributed by atoms with Gasteiger partial charge in [-0.3, -0.25) is 14.5 Å². The normalized spacial score (nSPS) is 33.4. The van der Waals surface area contributed by atoms with Gasteiger partial charge in [-0.2, -0.15) is 0 Å². The van der Waals surface area contributed by atoms with Gasteiger partial charge in [0, 0.05) is 85.2 Å². The van der Waals surface area contributed by atoms with Crippen LogP contribution in [0.15, 0.2) is 60.4 Å². The van der Waals surface area contributed by atoms with E-state index in [4.69, 9.17) is 4.74 Å². The van der Waals surface area contributed by atoms with E-state index >= 15 is 0 Å². The number of fused-ring (bicyclic) bond motifs is 5. The Kier molecular flexibility index (Phi) is 9.04. The number of allylic oxidation sites excluding steroid dienone is 3. The smallest absolute Gasteiger partial charge is 0.251 e. The van der Waals surface area contributed by atoms with E-state index in [9.17, 15) is 9.59 Å². The third kappa shape index (κ3) is 6.18. The number of para-hydroxylation sites is 1. The average molecular weight is 738 g/mol. The molecule has 5 fully saturated rings. The quantitative estimate of drug-likeness (QED) is 0.284. The van der Waals surface area contributed by atoms with Crippen molar-refractivity contribution in [3.05, 3.63) is 77.1 Å². The molecule has 0 radical (unpaired) electrons. The number of ether oxygens (including phenoxy) is 1. The maximum Gasteiger partial charge on any atom is 0.251 e. The van der Waals surface area contributed by atoms with Crippen LogP contribution in [-0.2, 0) is 9.53 Å². The minimum Gasteiger partial charge on any atom is -0.500 e. The number of carbonyl (C=O) groups excluding carboxylic acids is 2. The maximum atomic E-state index is 14.2. The lowest BCUT2D eigenvalue weighted by Crippen LogP contribution is -2.63. The summed E-state index contributed by atoms with van der Waals surface area (Å²) in [6.45, 7) is 13.1. The first-order valence-electron chi connectivity index (χ1n) is 19.7. The molecule has 2 aromatic rings. The highest BCUT2D eigenvalue weighted by Gasteiger charge is 2.60.